The standard InChI is InChI=1S/C19H21N3O2/c1-13(17-9-8-14(2)24-17)10-16-19(15-6-4-3-5-7-15)21-12-22(16)11-18(20)23/h3-9,12-13H,10-11H2,1-2H3,(H2,20,23)/t13-/m0/s1. The molecule has 5 heteroatoms. The first kappa shape index (κ1) is 16.1. The highest BCUT2D eigenvalue weighted by atomic mass is 16.3. The number of nitrogens with zero attached hydrogens (tertiary/aromatic N) is 2. The molecule has 0 saturated heterocycles. The highest BCUT2D eigenvalue weighted by molar-refractivity contribution is 5.74. The largest absolute Gasteiger partial charge is 0.466 e. The van der Waals surface area contributed by atoms with E-state index in [1.54, 1.807) is 6.33 Å². The molecular weight excluding hydrogens is 302 g/mol. The molecule has 2 N–H and O–H groups in total. The van der Waals surface area contributed by atoms with Crippen molar-refractivity contribution in [1.82, 2.24) is 9.55 Å². The molecule has 1 amide bonds. The van der Waals surface area contributed by atoms with Crippen LogP contribution in [0.3, 0.4) is 0 Å². The van der Waals surface area contributed by atoms with Gasteiger partial charge in [0.05, 0.1) is 12.0 Å². The Morgan fingerprint density at radius 3 is 2.62 bits per heavy atom. The van der Waals surface area contributed by atoms with Crippen LogP contribution in [0.5, 0.6) is 0 Å². The lowest BCUT2D eigenvalue weighted by atomic mass is 9.99. The summed E-state index contributed by atoms with van der Waals surface area (Å²) in [7, 11) is 0. The van der Waals surface area contributed by atoms with E-state index in [1.165, 1.54) is 0 Å². The van der Waals surface area contributed by atoms with E-state index < -0.39 is 0 Å². The van der Waals surface area contributed by atoms with Gasteiger partial charge in [-0.15, -0.1) is 0 Å². The molecule has 0 aliphatic heterocycles. The molecule has 0 aliphatic rings. The number of imidazole rings is 1. The van der Waals surface area contributed by atoms with Gasteiger partial charge < -0.3 is 14.7 Å². The Balaban J connectivity index is 1.96. The van der Waals surface area contributed by atoms with Crippen molar-refractivity contribution in [3.63, 3.8) is 0 Å². The minimum absolute atomic E-state index is 0.124. The third kappa shape index (κ3) is 3.40. The fraction of sp³-hybridized carbons (Fsp3) is 0.263. The summed E-state index contributed by atoms with van der Waals surface area (Å²) < 4.78 is 7.57. The van der Waals surface area contributed by atoms with Gasteiger partial charge in [0.2, 0.25) is 5.91 Å². The van der Waals surface area contributed by atoms with Crippen molar-refractivity contribution in [1.29, 1.82) is 0 Å². The van der Waals surface area contributed by atoms with Crippen molar-refractivity contribution in [2.75, 3.05) is 0 Å². The summed E-state index contributed by atoms with van der Waals surface area (Å²) in [6, 6.07) is 13.9. The molecule has 0 unspecified atom stereocenters. The van der Waals surface area contributed by atoms with Gasteiger partial charge in [0.1, 0.15) is 18.1 Å². The second kappa shape index (κ2) is 6.74. The van der Waals surface area contributed by atoms with Crippen LogP contribution in [-0.2, 0) is 17.8 Å². The molecule has 3 rings (SSSR count). The third-order valence-corrected chi connectivity index (χ3v) is 4.07. The number of benzene rings is 1. The van der Waals surface area contributed by atoms with Crippen LogP contribution < -0.4 is 5.73 Å². The highest BCUT2D eigenvalue weighted by Crippen LogP contribution is 2.28. The van der Waals surface area contributed by atoms with E-state index in [9.17, 15) is 4.79 Å². The van der Waals surface area contributed by atoms with E-state index >= 15 is 0 Å². The van der Waals surface area contributed by atoms with E-state index in [0.717, 1.165) is 28.5 Å². The van der Waals surface area contributed by atoms with Crippen molar-refractivity contribution in [3.8, 4) is 11.3 Å². The zero-order valence-corrected chi connectivity index (χ0v) is 13.9. The van der Waals surface area contributed by atoms with Gasteiger partial charge in [-0.2, -0.15) is 0 Å². The van der Waals surface area contributed by atoms with Crippen molar-refractivity contribution >= 4 is 5.91 Å². The molecular formula is C19H21N3O2. The number of furan rings is 1. The number of amides is 1. The van der Waals surface area contributed by atoms with Crippen LogP contribution in [0.2, 0.25) is 0 Å². The minimum atomic E-state index is -0.380. The smallest absolute Gasteiger partial charge is 0.237 e. The summed E-state index contributed by atoms with van der Waals surface area (Å²) in [5.74, 6) is 1.61. The fourth-order valence-corrected chi connectivity index (χ4v) is 2.87. The first-order valence-electron chi connectivity index (χ1n) is 7.98. The number of hydrogen-bond donors (Lipinski definition) is 1. The normalized spacial score (nSPS) is 12.2. The number of nitrogens with two attached hydrogens (primary N) is 1. The number of primary amides is 1. The molecule has 0 aliphatic carbocycles. The van der Waals surface area contributed by atoms with Gasteiger partial charge in [0, 0.05) is 17.2 Å². The molecule has 24 heavy (non-hydrogen) atoms. The molecule has 0 bridgehead atoms. The van der Waals surface area contributed by atoms with Crippen LogP contribution in [0.25, 0.3) is 11.3 Å². The Bertz CT molecular complexity index is 833. The second-order valence-electron chi connectivity index (χ2n) is 6.05. The lowest BCUT2D eigenvalue weighted by molar-refractivity contribution is -0.118. The van der Waals surface area contributed by atoms with Crippen molar-refractivity contribution in [2.45, 2.75) is 32.7 Å². The Kier molecular flexibility index (Phi) is 4.51. The van der Waals surface area contributed by atoms with Crippen molar-refractivity contribution < 1.29 is 9.21 Å². The van der Waals surface area contributed by atoms with Crippen LogP contribution in [0.1, 0.15) is 30.1 Å². The molecule has 3 aromatic rings. The highest BCUT2D eigenvalue weighted by Gasteiger charge is 2.19. The predicted molar refractivity (Wildman–Crippen MR) is 92.4 cm³/mol. The monoisotopic (exact) mass is 323 g/mol. The number of rotatable bonds is 6. The van der Waals surface area contributed by atoms with E-state index in [-0.39, 0.29) is 18.4 Å². The van der Waals surface area contributed by atoms with Gasteiger partial charge >= 0.3 is 0 Å². The van der Waals surface area contributed by atoms with Gasteiger partial charge in [-0.3, -0.25) is 4.79 Å². The summed E-state index contributed by atoms with van der Waals surface area (Å²) in [5, 5.41) is 0. The lowest BCUT2D eigenvalue weighted by Gasteiger charge is -2.13. The summed E-state index contributed by atoms with van der Waals surface area (Å²) >= 11 is 0. The third-order valence-electron chi connectivity index (χ3n) is 4.07. The van der Waals surface area contributed by atoms with Crippen LogP contribution in [0, 0.1) is 6.92 Å². The Hall–Kier alpha value is -2.82. The molecule has 124 valence electrons. The quantitative estimate of drug-likeness (QED) is 0.756. The SMILES string of the molecule is Cc1ccc([C@@H](C)Cc2c(-c3ccccc3)ncn2CC(N)=O)o1. The summed E-state index contributed by atoms with van der Waals surface area (Å²) in [5.41, 5.74) is 8.28. The molecule has 0 radical (unpaired) electrons. The Morgan fingerprint density at radius 2 is 2.00 bits per heavy atom. The fourth-order valence-electron chi connectivity index (χ4n) is 2.87. The summed E-state index contributed by atoms with van der Waals surface area (Å²) in [6.07, 6.45) is 2.40. The number of hydrogen-bond acceptors (Lipinski definition) is 3. The van der Waals surface area contributed by atoms with Crippen molar-refractivity contribution in [2.24, 2.45) is 5.73 Å². The zero-order chi connectivity index (χ0) is 17.1. The Morgan fingerprint density at radius 1 is 1.25 bits per heavy atom. The van der Waals surface area contributed by atoms with Gasteiger partial charge in [0.15, 0.2) is 0 Å². The molecule has 0 saturated carbocycles. The van der Waals surface area contributed by atoms with Crippen molar-refractivity contribution in [3.05, 3.63) is 66.0 Å². The topological polar surface area (TPSA) is 74.1 Å². The van der Waals surface area contributed by atoms with Crippen LogP contribution in [0.4, 0.5) is 0 Å². The maximum absolute atomic E-state index is 11.4. The number of carbonyl (C=O) groups excluding carboxylic acids is 1. The molecule has 1 aromatic carbocycles. The van der Waals surface area contributed by atoms with E-state index in [2.05, 4.69) is 11.9 Å². The van der Waals surface area contributed by atoms with Crippen LogP contribution in [-0.4, -0.2) is 15.5 Å². The van der Waals surface area contributed by atoms with Crippen LogP contribution >= 0.6 is 0 Å². The van der Waals surface area contributed by atoms with E-state index in [4.69, 9.17) is 10.2 Å². The zero-order valence-electron chi connectivity index (χ0n) is 13.9. The molecule has 1 atom stereocenters. The van der Waals surface area contributed by atoms with E-state index in [0.29, 0.717) is 6.42 Å². The van der Waals surface area contributed by atoms with E-state index in [1.807, 2.05) is 54.0 Å². The summed E-state index contributed by atoms with van der Waals surface area (Å²) in [6.45, 7) is 4.16. The molecule has 0 spiro atoms. The Labute approximate surface area is 141 Å². The van der Waals surface area contributed by atoms with Gasteiger partial charge in [-0.1, -0.05) is 37.3 Å². The maximum Gasteiger partial charge on any atom is 0.237 e. The molecule has 2 aromatic heterocycles. The second-order valence-corrected chi connectivity index (χ2v) is 6.05. The average Bonchev–Trinajstić information content (AvgIpc) is 3.15. The summed E-state index contributed by atoms with van der Waals surface area (Å²) in [4.78, 5) is 15.9. The number of carbonyl (C=O) groups is 1. The molecule has 5 nitrogen and oxygen atoms in total. The van der Waals surface area contributed by atoms with Gasteiger partial charge in [0.25, 0.3) is 0 Å². The maximum atomic E-state index is 11.4. The lowest BCUT2D eigenvalue weighted by Crippen LogP contribution is -2.20. The van der Waals surface area contributed by atoms with Gasteiger partial charge in [-0.25, -0.2) is 4.98 Å². The average molecular weight is 323 g/mol. The number of aromatic nitrogens is 2. The molecule has 0 fully saturated rings. The molecule has 2 heterocycles. The van der Waals surface area contributed by atoms with Crippen LogP contribution in [0.15, 0.2) is 53.2 Å². The first-order valence-corrected chi connectivity index (χ1v) is 7.98. The minimum Gasteiger partial charge on any atom is -0.466 e. The predicted octanol–water partition coefficient (Wildman–Crippen LogP) is 3.28. The van der Waals surface area contributed by atoms with Gasteiger partial charge in [-0.05, 0) is 25.5 Å². The first-order chi connectivity index (χ1) is 11.5. The number of aryl methyl sites for hydroxylation is 1.